The lowest BCUT2D eigenvalue weighted by Crippen LogP contribution is -2.27. The van der Waals surface area contributed by atoms with E-state index in [4.69, 9.17) is 12.2 Å². The highest BCUT2D eigenvalue weighted by Gasteiger charge is 2.38. The number of carboxylic acid groups (broad SMARTS) is 1. The molecule has 0 aliphatic carbocycles. The molecule has 2 aliphatic rings. The Balaban J connectivity index is 1.67. The maximum atomic E-state index is 13.0. The van der Waals surface area contributed by atoms with E-state index in [0.717, 1.165) is 11.4 Å². The van der Waals surface area contributed by atoms with Crippen LogP contribution < -0.4 is 9.80 Å². The highest BCUT2D eigenvalue weighted by atomic mass is 32.2. The van der Waals surface area contributed by atoms with Crippen molar-refractivity contribution in [3.05, 3.63) is 82.4 Å². The second-order valence-electron chi connectivity index (χ2n) is 7.65. The molecule has 0 unspecified atom stereocenters. The molecular weight excluding hydrogens is 416 g/mol. The summed E-state index contributed by atoms with van der Waals surface area (Å²) in [7, 11) is 2.02. The lowest BCUT2D eigenvalue weighted by molar-refractivity contribution is -0.113. The maximum absolute atomic E-state index is 13.0. The summed E-state index contributed by atoms with van der Waals surface area (Å²) in [6, 6.07) is 14.5. The number of nitrogens with zero attached hydrogens (tertiary/aromatic N) is 2. The van der Waals surface area contributed by atoms with E-state index in [-0.39, 0.29) is 16.9 Å². The van der Waals surface area contributed by atoms with Gasteiger partial charge in [-0.2, -0.15) is 0 Å². The van der Waals surface area contributed by atoms with E-state index in [1.54, 1.807) is 18.2 Å². The number of thiocarbonyl (C=S) groups is 1. The van der Waals surface area contributed by atoms with Gasteiger partial charge in [0.05, 0.1) is 16.2 Å². The quantitative estimate of drug-likeness (QED) is 0.543. The predicted molar refractivity (Wildman–Crippen MR) is 125 cm³/mol. The molecule has 0 radical (unpaired) electrons. The van der Waals surface area contributed by atoms with Crippen molar-refractivity contribution in [1.29, 1.82) is 0 Å². The summed E-state index contributed by atoms with van der Waals surface area (Å²) in [5.74, 6) is -1.30. The molecule has 1 N–H and O–H groups in total. The van der Waals surface area contributed by atoms with E-state index in [2.05, 4.69) is 30.9 Å². The van der Waals surface area contributed by atoms with E-state index in [0.29, 0.717) is 14.9 Å². The number of benzene rings is 2. The first-order chi connectivity index (χ1) is 14.2. The average Bonchev–Trinajstić information content (AvgIpc) is 3.10. The molecule has 2 heterocycles. The number of hydrogen-bond acceptors (Lipinski definition) is 5. The topological polar surface area (TPSA) is 60.9 Å². The molecule has 0 bridgehead atoms. The molecule has 30 heavy (non-hydrogen) atoms. The predicted octanol–water partition coefficient (Wildman–Crippen LogP) is 4.94. The van der Waals surface area contributed by atoms with Crippen LogP contribution in [0.2, 0.25) is 0 Å². The second kappa shape index (κ2) is 7.41. The molecule has 2 aromatic rings. The van der Waals surface area contributed by atoms with Gasteiger partial charge < -0.3 is 10.0 Å². The SMILES string of the molecule is CN1/C(=C\C=C2/SC(=S)N(c3cccc(C(=O)O)c3)C2=O)C(C)(C)c2ccccc21. The monoisotopic (exact) mass is 436 g/mol. The molecule has 1 saturated heterocycles. The van der Waals surface area contributed by atoms with Gasteiger partial charge in [-0.25, -0.2) is 4.79 Å². The minimum absolute atomic E-state index is 0.111. The molecule has 152 valence electrons. The number of rotatable bonds is 3. The van der Waals surface area contributed by atoms with Crippen LogP contribution in [0.1, 0.15) is 29.8 Å². The van der Waals surface area contributed by atoms with Gasteiger partial charge in [-0.15, -0.1) is 0 Å². The van der Waals surface area contributed by atoms with Gasteiger partial charge in [-0.3, -0.25) is 9.69 Å². The van der Waals surface area contributed by atoms with Gasteiger partial charge in [-0.1, -0.05) is 62.1 Å². The number of anilines is 2. The highest BCUT2D eigenvalue weighted by molar-refractivity contribution is 8.27. The number of carboxylic acids is 1. The fourth-order valence-corrected chi connectivity index (χ4v) is 5.18. The average molecular weight is 437 g/mol. The number of allylic oxidation sites excluding steroid dienone is 3. The van der Waals surface area contributed by atoms with Gasteiger partial charge in [-0.05, 0) is 42.0 Å². The van der Waals surface area contributed by atoms with Crippen molar-refractivity contribution >= 4 is 51.6 Å². The molecule has 1 fully saturated rings. The Morgan fingerprint density at radius 3 is 2.57 bits per heavy atom. The third kappa shape index (κ3) is 3.24. The zero-order valence-electron chi connectivity index (χ0n) is 16.7. The molecule has 4 rings (SSSR count). The Kier molecular flexibility index (Phi) is 5.03. The molecule has 5 nitrogen and oxygen atoms in total. The van der Waals surface area contributed by atoms with Crippen molar-refractivity contribution in [2.75, 3.05) is 16.8 Å². The Morgan fingerprint density at radius 1 is 1.13 bits per heavy atom. The Morgan fingerprint density at radius 2 is 1.87 bits per heavy atom. The van der Waals surface area contributed by atoms with E-state index < -0.39 is 5.97 Å². The third-order valence-electron chi connectivity index (χ3n) is 5.48. The van der Waals surface area contributed by atoms with Crippen LogP contribution in [0.4, 0.5) is 11.4 Å². The Labute approximate surface area is 184 Å². The summed E-state index contributed by atoms with van der Waals surface area (Å²) in [5, 5.41) is 9.22. The first-order valence-corrected chi connectivity index (χ1v) is 10.6. The molecule has 2 aromatic carbocycles. The molecule has 7 heteroatoms. The molecular formula is C23H20N2O3S2. The van der Waals surface area contributed by atoms with Crippen molar-refractivity contribution in [3.8, 4) is 0 Å². The first kappa shape index (κ1) is 20.4. The van der Waals surface area contributed by atoms with Crippen molar-refractivity contribution in [3.63, 3.8) is 0 Å². The summed E-state index contributed by atoms with van der Waals surface area (Å²) in [5.41, 5.74) is 3.86. The number of aromatic carboxylic acids is 1. The van der Waals surface area contributed by atoms with E-state index >= 15 is 0 Å². The van der Waals surface area contributed by atoms with Gasteiger partial charge in [0, 0.05) is 23.8 Å². The number of fused-ring (bicyclic) bond motifs is 1. The number of hydrogen-bond donors (Lipinski definition) is 1. The van der Waals surface area contributed by atoms with Crippen molar-refractivity contribution in [1.82, 2.24) is 0 Å². The number of likely N-dealkylation sites (N-methyl/N-ethyl adjacent to an activating group) is 1. The summed E-state index contributed by atoms with van der Waals surface area (Å²) >= 11 is 6.63. The van der Waals surface area contributed by atoms with Crippen molar-refractivity contribution < 1.29 is 14.7 Å². The molecule has 2 aliphatic heterocycles. The van der Waals surface area contributed by atoms with Crippen molar-refractivity contribution in [2.45, 2.75) is 19.3 Å². The Bertz CT molecular complexity index is 1150. The van der Waals surface area contributed by atoms with Crippen LogP contribution in [-0.4, -0.2) is 28.4 Å². The first-order valence-electron chi connectivity index (χ1n) is 9.37. The molecule has 0 spiro atoms. The normalized spacial score (nSPS) is 20.4. The smallest absolute Gasteiger partial charge is 0.335 e. The number of thioether (sulfide) groups is 1. The molecule has 0 saturated carbocycles. The van der Waals surface area contributed by atoms with Gasteiger partial charge in [0.15, 0.2) is 4.32 Å². The Hall–Kier alpha value is -2.90. The second-order valence-corrected chi connectivity index (χ2v) is 9.32. The number of amides is 1. The van der Waals surface area contributed by atoms with Gasteiger partial charge in [0.2, 0.25) is 0 Å². The summed E-state index contributed by atoms with van der Waals surface area (Å²) in [6.45, 7) is 4.33. The third-order valence-corrected chi connectivity index (χ3v) is 6.80. The van der Waals surface area contributed by atoms with Crippen LogP contribution in [0.25, 0.3) is 0 Å². The number of carbonyl (C=O) groups is 2. The van der Waals surface area contributed by atoms with Crippen LogP contribution in [0.3, 0.4) is 0 Å². The van der Waals surface area contributed by atoms with Crippen LogP contribution in [-0.2, 0) is 10.2 Å². The van der Waals surface area contributed by atoms with Crippen LogP contribution in [0, 0.1) is 0 Å². The fraction of sp³-hybridized carbons (Fsp3) is 0.174. The fourth-order valence-electron chi connectivity index (χ4n) is 3.94. The summed E-state index contributed by atoms with van der Waals surface area (Å²) < 4.78 is 0.384. The molecule has 0 aromatic heterocycles. The minimum Gasteiger partial charge on any atom is -0.478 e. The van der Waals surface area contributed by atoms with E-state index in [9.17, 15) is 14.7 Å². The van der Waals surface area contributed by atoms with Crippen LogP contribution >= 0.6 is 24.0 Å². The minimum atomic E-state index is -1.05. The largest absolute Gasteiger partial charge is 0.478 e. The zero-order valence-corrected chi connectivity index (χ0v) is 18.4. The maximum Gasteiger partial charge on any atom is 0.335 e. The zero-order chi connectivity index (χ0) is 21.6. The van der Waals surface area contributed by atoms with Gasteiger partial charge in [0.25, 0.3) is 5.91 Å². The number of carbonyl (C=O) groups excluding carboxylic acids is 1. The standard InChI is InChI=1S/C23H20N2O3S2/c1-23(2)16-9-4-5-10-17(16)24(3)19(23)12-11-18-20(26)25(22(29)30-18)15-8-6-7-14(13-15)21(27)28/h4-13H,1-3H3,(H,27,28)/b18-11-,19-12-. The van der Waals surface area contributed by atoms with E-state index in [1.807, 2.05) is 25.3 Å². The van der Waals surface area contributed by atoms with Crippen molar-refractivity contribution in [2.24, 2.45) is 0 Å². The lowest BCUT2D eigenvalue weighted by atomic mass is 9.84. The molecule has 1 amide bonds. The van der Waals surface area contributed by atoms with Crippen LogP contribution in [0.5, 0.6) is 0 Å². The summed E-state index contributed by atoms with van der Waals surface area (Å²) in [4.78, 5) is 28.3. The number of para-hydroxylation sites is 1. The highest BCUT2D eigenvalue weighted by Crippen LogP contribution is 2.47. The molecule has 0 atom stereocenters. The van der Waals surface area contributed by atoms with Crippen LogP contribution in [0.15, 0.2) is 71.3 Å². The van der Waals surface area contributed by atoms with Gasteiger partial charge in [0.1, 0.15) is 0 Å². The van der Waals surface area contributed by atoms with E-state index in [1.165, 1.54) is 34.4 Å². The summed E-state index contributed by atoms with van der Waals surface area (Å²) in [6.07, 6.45) is 3.78. The van der Waals surface area contributed by atoms with Gasteiger partial charge >= 0.3 is 5.97 Å². The lowest BCUT2D eigenvalue weighted by Gasteiger charge is -2.23.